The molecule has 8 nitrogen and oxygen atoms in total. The molecule has 0 aliphatic carbocycles. The van der Waals surface area contributed by atoms with Crippen molar-refractivity contribution < 1.29 is 9.59 Å². The van der Waals surface area contributed by atoms with Crippen LogP contribution in [0, 0.1) is 6.92 Å². The van der Waals surface area contributed by atoms with E-state index >= 15 is 0 Å². The Kier molecular flexibility index (Phi) is 4.04. The lowest BCUT2D eigenvalue weighted by Crippen LogP contribution is -2.35. The van der Waals surface area contributed by atoms with Crippen LogP contribution in [-0.2, 0) is 11.3 Å². The van der Waals surface area contributed by atoms with Crippen LogP contribution in [0.3, 0.4) is 0 Å². The van der Waals surface area contributed by atoms with Crippen molar-refractivity contribution in [2.75, 3.05) is 0 Å². The lowest BCUT2D eigenvalue weighted by atomic mass is 10.1. The standard InChI is InChI=1S/C12H14N6O2/c1-8-2-4-9(5-3-8)11-15-17-18(16-11)7-6-10(19)14-12(13)20/h2-5H,6-7H2,1H3,(H3,13,14,19,20). The minimum atomic E-state index is -0.873. The van der Waals surface area contributed by atoms with Crippen molar-refractivity contribution >= 4 is 11.9 Å². The number of tetrazole rings is 1. The van der Waals surface area contributed by atoms with Gasteiger partial charge < -0.3 is 5.73 Å². The molecular formula is C12H14N6O2. The number of benzene rings is 1. The number of nitrogens with two attached hydrogens (primary N) is 1. The number of carbonyl (C=O) groups is 2. The Balaban J connectivity index is 1.97. The second kappa shape index (κ2) is 5.91. The van der Waals surface area contributed by atoms with Crippen LogP contribution in [0.4, 0.5) is 4.79 Å². The minimum Gasteiger partial charge on any atom is -0.351 e. The summed E-state index contributed by atoms with van der Waals surface area (Å²) >= 11 is 0. The van der Waals surface area contributed by atoms with Gasteiger partial charge in [0.25, 0.3) is 0 Å². The molecular weight excluding hydrogens is 260 g/mol. The van der Waals surface area contributed by atoms with Crippen molar-refractivity contribution in [3.05, 3.63) is 29.8 Å². The molecule has 2 rings (SSSR count). The van der Waals surface area contributed by atoms with Gasteiger partial charge in [0.1, 0.15) is 0 Å². The summed E-state index contributed by atoms with van der Waals surface area (Å²) in [6.45, 7) is 2.21. The molecule has 0 aliphatic rings. The maximum atomic E-state index is 11.2. The molecule has 0 bridgehead atoms. The minimum absolute atomic E-state index is 0.0483. The van der Waals surface area contributed by atoms with E-state index in [1.165, 1.54) is 4.80 Å². The van der Waals surface area contributed by atoms with E-state index in [4.69, 9.17) is 5.73 Å². The summed E-state index contributed by atoms with van der Waals surface area (Å²) in [7, 11) is 0. The van der Waals surface area contributed by atoms with Gasteiger partial charge >= 0.3 is 6.03 Å². The molecule has 104 valence electrons. The summed E-state index contributed by atoms with van der Waals surface area (Å²) in [5.41, 5.74) is 6.83. The number of aryl methyl sites for hydroxylation is 2. The van der Waals surface area contributed by atoms with Gasteiger partial charge in [0.15, 0.2) is 0 Å². The summed E-state index contributed by atoms with van der Waals surface area (Å²) in [6.07, 6.45) is 0.0483. The molecule has 0 saturated carbocycles. The number of nitrogens with one attached hydrogen (secondary N) is 1. The monoisotopic (exact) mass is 274 g/mol. The van der Waals surface area contributed by atoms with Crippen molar-refractivity contribution in [1.29, 1.82) is 0 Å². The fourth-order valence-electron chi connectivity index (χ4n) is 1.56. The largest absolute Gasteiger partial charge is 0.351 e. The topological polar surface area (TPSA) is 116 Å². The molecule has 0 atom stereocenters. The summed E-state index contributed by atoms with van der Waals surface area (Å²) in [5.74, 6) is 0.00648. The van der Waals surface area contributed by atoms with Gasteiger partial charge in [-0.3, -0.25) is 10.1 Å². The zero-order valence-corrected chi connectivity index (χ0v) is 10.9. The van der Waals surface area contributed by atoms with E-state index in [1.54, 1.807) is 0 Å². The van der Waals surface area contributed by atoms with E-state index < -0.39 is 11.9 Å². The van der Waals surface area contributed by atoms with E-state index in [-0.39, 0.29) is 13.0 Å². The van der Waals surface area contributed by atoms with Gasteiger partial charge in [-0.15, -0.1) is 10.2 Å². The predicted octanol–water partition coefficient (Wildman–Crippen LogP) is 0.234. The first kappa shape index (κ1) is 13.7. The summed E-state index contributed by atoms with van der Waals surface area (Å²) in [4.78, 5) is 23.0. The van der Waals surface area contributed by atoms with Crippen LogP contribution in [0.5, 0.6) is 0 Å². The Hall–Kier alpha value is -2.77. The van der Waals surface area contributed by atoms with Crippen LogP contribution in [0.1, 0.15) is 12.0 Å². The van der Waals surface area contributed by atoms with Crippen LogP contribution in [-0.4, -0.2) is 32.1 Å². The number of imide groups is 1. The molecule has 2 aromatic rings. The van der Waals surface area contributed by atoms with Crippen molar-refractivity contribution in [1.82, 2.24) is 25.5 Å². The van der Waals surface area contributed by atoms with E-state index in [0.29, 0.717) is 5.82 Å². The lowest BCUT2D eigenvalue weighted by Gasteiger charge is -1.99. The molecule has 1 aromatic carbocycles. The quantitative estimate of drug-likeness (QED) is 0.828. The number of primary amides is 1. The number of urea groups is 1. The molecule has 3 amide bonds. The highest BCUT2D eigenvalue weighted by atomic mass is 16.2. The van der Waals surface area contributed by atoms with E-state index in [1.807, 2.05) is 36.5 Å². The van der Waals surface area contributed by atoms with E-state index in [2.05, 4.69) is 15.4 Å². The smallest absolute Gasteiger partial charge is 0.318 e. The summed E-state index contributed by atoms with van der Waals surface area (Å²) < 4.78 is 0. The van der Waals surface area contributed by atoms with Crippen molar-refractivity contribution in [3.8, 4) is 11.4 Å². The van der Waals surface area contributed by atoms with Crippen LogP contribution in [0.2, 0.25) is 0 Å². The molecule has 1 aromatic heterocycles. The third-order valence-electron chi connectivity index (χ3n) is 2.56. The molecule has 0 saturated heterocycles. The number of nitrogens with zero attached hydrogens (tertiary/aromatic N) is 4. The zero-order chi connectivity index (χ0) is 14.5. The molecule has 0 unspecified atom stereocenters. The predicted molar refractivity (Wildman–Crippen MR) is 70.3 cm³/mol. The first-order chi connectivity index (χ1) is 9.54. The van der Waals surface area contributed by atoms with Gasteiger partial charge in [0.05, 0.1) is 6.54 Å². The fraction of sp³-hybridized carbons (Fsp3) is 0.250. The Morgan fingerprint density at radius 3 is 2.65 bits per heavy atom. The van der Waals surface area contributed by atoms with Gasteiger partial charge in [-0.05, 0) is 12.1 Å². The van der Waals surface area contributed by atoms with Crippen molar-refractivity contribution in [3.63, 3.8) is 0 Å². The Bertz CT molecular complexity index is 619. The maximum absolute atomic E-state index is 11.2. The zero-order valence-electron chi connectivity index (χ0n) is 10.9. The highest BCUT2D eigenvalue weighted by Gasteiger charge is 2.08. The molecule has 3 N–H and O–H groups in total. The number of rotatable bonds is 4. The van der Waals surface area contributed by atoms with E-state index in [9.17, 15) is 9.59 Å². The molecule has 8 heteroatoms. The Morgan fingerprint density at radius 2 is 2.00 bits per heavy atom. The summed E-state index contributed by atoms with van der Waals surface area (Å²) in [6, 6.07) is 6.83. The number of hydrogen-bond donors (Lipinski definition) is 2. The molecule has 1 heterocycles. The highest BCUT2D eigenvalue weighted by molar-refractivity contribution is 5.93. The van der Waals surface area contributed by atoms with Gasteiger partial charge in [-0.25, -0.2) is 4.79 Å². The van der Waals surface area contributed by atoms with Gasteiger partial charge in [-0.1, -0.05) is 29.8 Å². The fourth-order valence-corrected chi connectivity index (χ4v) is 1.56. The Labute approximate surface area is 115 Å². The molecule has 20 heavy (non-hydrogen) atoms. The SMILES string of the molecule is Cc1ccc(-c2nnn(CCC(=O)NC(N)=O)n2)cc1. The number of aromatic nitrogens is 4. The van der Waals surface area contributed by atoms with Crippen LogP contribution < -0.4 is 11.1 Å². The third-order valence-corrected chi connectivity index (χ3v) is 2.56. The third kappa shape index (κ3) is 3.61. The average Bonchev–Trinajstić information content (AvgIpc) is 2.85. The normalized spacial score (nSPS) is 10.2. The first-order valence-electron chi connectivity index (χ1n) is 5.99. The Morgan fingerprint density at radius 1 is 1.30 bits per heavy atom. The second-order valence-electron chi connectivity index (χ2n) is 4.24. The van der Waals surface area contributed by atoms with Gasteiger partial charge in [0, 0.05) is 12.0 Å². The number of carbonyl (C=O) groups excluding carboxylic acids is 2. The number of hydrogen-bond acceptors (Lipinski definition) is 5. The molecule has 0 fully saturated rings. The molecule has 0 spiro atoms. The summed E-state index contributed by atoms with van der Waals surface area (Å²) in [5, 5.41) is 13.9. The van der Waals surface area contributed by atoms with Crippen LogP contribution in [0.25, 0.3) is 11.4 Å². The van der Waals surface area contributed by atoms with Gasteiger partial charge in [0.2, 0.25) is 11.7 Å². The number of amides is 3. The highest BCUT2D eigenvalue weighted by Crippen LogP contribution is 2.13. The first-order valence-corrected chi connectivity index (χ1v) is 5.99. The van der Waals surface area contributed by atoms with Crippen molar-refractivity contribution in [2.45, 2.75) is 19.9 Å². The second-order valence-corrected chi connectivity index (χ2v) is 4.24. The van der Waals surface area contributed by atoms with Crippen LogP contribution in [0.15, 0.2) is 24.3 Å². The lowest BCUT2D eigenvalue weighted by molar-refractivity contribution is -0.120. The van der Waals surface area contributed by atoms with Crippen LogP contribution >= 0.6 is 0 Å². The maximum Gasteiger partial charge on any atom is 0.318 e. The van der Waals surface area contributed by atoms with Gasteiger partial charge in [-0.2, -0.15) is 4.80 Å². The van der Waals surface area contributed by atoms with Crippen molar-refractivity contribution in [2.24, 2.45) is 5.73 Å². The van der Waals surface area contributed by atoms with E-state index in [0.717, 1.165) is 11.1 Å². The average molecular weight is 274 g/mol. The molecule has 0 aliphatic heterocycles. The molecule has 0 radical (unpaired) electrons.